The lowest BCUT2D eigenvalue weighted by Crippen LogP contribution is -2.39. The highest BCUT2D eigenvalue weighted by Crippen LogP contribution is 2.34. The number of anilines is 1. The Kier molecular flexibility index (Phi) is 4.86. The van der Waals surface area contributed by atoms with Gasteiger partial charge in [-0.2, -0.15) is 13.2 Å². The van der Waals surface area contributed by atoms with Gasteiger partial charge in [0.1, 0.15) is 5.82 Å². The van der Waals surface area contributed by atoms with Gasteiger partial charge in [0.15, 0.2) is 0 Å². The van der Waals surface area contributed by atoms with Crippen LogP contribution in [-0.4, -0.2) is 30.8 Å². The Bertz CT molecular complexity index is 426. The first kappa shape index (κ1) is 15.1. The number of pyridine rings is 1. The zero-order valence-electron chi connectivity index (χ0n) is 11.6. The van der Waals surface area contributed by atoms with Gasteiger partial charge in [-0.25, -0.2) is 4.98 Å². The van der Waals surface area contributed by atoms with Gasteiger partial charge >= 0.3 is 6.18 Å². The van der Waals surface area contributed by atoms with Crippen LogP contribution in [0, 0.1) is 5.92 Å². The van der Waals surface area contributed by atoms with E-state index in [-0.39, 0.29) is 12.8 Å². The molecule has 0 atom stereocenters. The van der Waals surface area contributed by atoms with Crippen LogP contribution in [0.4, 0.5) is 19.0 Å². The van der Waals surface area contributed by atoms with Crippen LogP contribution < -0.4 is 10.2 Å². The monoisotopic (exact) mass is 287 g/mol. The molecule has 0 aromatic carbocycles. The lowest BCUT2D eigenvalue weighted by molar-refractivity contribution is -0.179. The van der Waals surface area contributed by atoms with Crippen LogP contribution in [-0.2, 0) is 6.54 Å². The summed E-state index contributed by atoms with van der Waals surface area (Å²) in [6.45, 7) is 4.40. The molecule has 0 amide bonds. The first-order valence-corrected chi connectivity index (χ1v) is 6.99. The molecule has 20 heavy (non-hydrogen) atoms. The van der Waals surface area contributed by atoms with Crippen molar-refractivity contribution in [2.45, 2.75) is 32.5 Å². The standard InChI is InChI=1S/C14H20F3N3/c1-2-18-10-12-4-3-5-13(19-12)20-8-6-11(7-9-20)14(15,16)17/h3-5,11,18H,2,6-10H2,1H3. The lowest BCUT2D eigenvalue weighted by Gasteiger charge is -2.33. The second-order valence-electron chi connectivity index (χ2n) is 5.07. The Morgan fingerprint density at radius 1 is 1.30 bits per heavy atom. The molecule has 0 aliphatic carbocycles. The Labute approximate surface area is 117 Å². The molecule has 0 saturated carbocycles. The lowest BCUT2D eigenvalue weighted by atomic mass is 9.96. The van der Waals surface area contributed by atoms with Gasteiger partial charge < -0.3 is 10.2 Å². The van der Waals surface area contributed by atoms with E-state index in [1.165, 1.54) is 0 Å². The highest BCUT2D eigenvalue weighted by atomic mass is 19.4. The van der Waals surface area contributed by atoms with Crippen molar-refractivity contribution in [2.24, 2.45) is 5.92 Å². The molecule has 0 unspecified atom stereocenters. The van der Waals surface area contributed by atoms with Crippen LogP contribution in [0.5, 0.6) is 0 Å². The van der Waals surface area contributed by atoms with Gasteiger partial charge in [-0.3, -0.25) is 0 Å². The summed E-state index contributed by atoms with van der Waals surface area (Å²) in [5.74, 6) is -0.385. The molecule has 1 aromatic heterocycles. The number of piperidine rings is 1. The summed E-state index contributed by atoms with van der Waals surface area (Å²) in [6, 6.07) is 5.70. The zero-order chi connectivity index (χ0) is 14.6. The second-order valence-corrected chi connectivity index (χ2v) is 5.07. The van der Waals surface area contributed by atoms with Crippen LogP contribution in [0.2, 0.25) is 0 Å². The molecule has 1 aliphatic heterocycles. The van der Waals surface area contributed by atoms with Crippen LogP contribution in [0.25, 0.3) is 0 Å². The predicted molar refractivity (Wildman–Crippen MR) is 72.6 cm³/mol. The number of aromatic nitrogens is 1. The molecule has 1 fully saturated rings. The maximum Gasteiger partial charge on any atom is 0.391 e. The van der Waals surface area contributed by atoms with E-state index in [2.05, 4.69) is 10.3 Å². The Hall–Kier alpha value is -1.30. The van der Waals surface area contributed by atoms with E-state index < -0.39 is 12.1 Å². The van der Waals surface area contributed by atoms with Gasteiger partial charge in [-0.05, 0) is 31.5 Å². The third kappa shape index (κ3) is 3.85. The second kappa shape index (κ2) is 6.43. The molecule has 112 valence electrons. The van der Waals surface area contributed by atoms with Crippen molar-refractivity contribution < 1.29 is 13.2 Å². The van der Waals surface area contributed by atoms with E-state index in [1.807, 2.05) is 30.0 Å². The third-order valence-corrected chi connectivity index (χ3v) is 3.63. The van der Waals surface area contributed by atoms with Crippen molar-refractivity contribution in [3.63, 3.8) is 0 Å². The van der Waals surface area contributed by atoms with E-state index in [0.717, 1.165) is 18.1 Å². The van der Waals surface area contributed by atoms with Crippen LogP contribution in [0.15, 0.2) is 18.2 Å². The SMILES string of the molecule is CCNCc1cccc(N2CCC(C(F)(F)F)CC2)n1. The van der Waals surface area contributed by atoms with Gasteiger partial charge in [-0.15, -0.1) is 0 Å². The fraction of sp³-hybridized carbons (Fsp3) is 0.643. The quantitative estimate of drug-likeness (QED) is 0.923. The maximum atomic E-state index is 12.6. The van der Waals surface area contributed by atoms with Crippen LogP contribution >= 0.6 is 0 Å². The van der Waals surface area contributed by atoms with Gasteiger partial charge in [0.05, 0.1) is 11.6 Å². The minimum atomic E-state index is -4.06. The minimum absolute atomic E-state index is 0.155. The van der Waals surface area contributed by atoms with Gasteiger partial charge in [-0.1, -0.05) is 13.0 Å². The van der Waals surface area contributed by atoms with E-state index in [1.54, 1.807) is 0 Å². The summed E-state index contributed by atoms with van der Waals surface area (Å²) in [6.07, 6.45) is -3.75. The summed E-state index contributed by atoms with van der Waals surface area (Å²) in [5, 5.41) is 3.19. The molecular weight excluding hydrogens is 267 g/mol. The minimum Gasteiger partial charge on any atom is -0.357 e. The average Bonchev–Trinajstić information content (AvgIpc) is 2.45. The van der Waals surface area contributed by atoms with E-state index in [4.69, 9.17) is 0 Å². The Morgan fingerprint density at radius 2 is 2.00 bits per heavy atom. The number of hydrogen-bond donors (Lipinski definition) is 1. The smallest absolute Gasteiger partial charge is 0.357 e. The molecule has 0 spiro atoms. The molecular formula is C14H20F3N3. The first-order valence-electron chi connectivity index (χ1n) is 6.99. The largest absolute Gasteiger partial charge is 0.391 e. The number of nitrogens with zero attached hydrogens (tertiary/aromatic N) is 2. The van der Waals surface area contributed by atoms with E-state index in [0.29, 0.717) is 19.6 Å². The number of alkyl halides is 3. The van der Waals surface area contributed by atoms with Crippen LogP contribution in [0.3, 0.4) is 0 Å². The predicted octanol–water partition coefficient (Wildman–Crippen LogP) is 2.97. The molecule has 0 radical (unpaired) electrons. The number of halogens is 3. The third-order valence-electron chi connectivity index (χ3n) is 3.63. The summed E-state index contributed by atoms with van der Waals surface area (Å²) in [7, 11) is 0. The van der Waals surface area contributed by atoms with Gasteiger partial charge in [0.25, 0.3) is 0 Å². The fourth-order valence-electron chi connectivity index (χ4n) is 2.43. The molecule has 2 heterocycles. The highest BCUT2D eigenvalue weighted by molar-refractivity contribution is 5.39. The topological polar surface area (TPSA) is 28.2 Å². The van der Waals surface area contributed by atoms with Crippen molar-refractivity contribution in [2.75, 3.05) is 24.5 Å². The molecule has 1 aliphatic rings. The van der Waals surface area contributed by atoms with E-state index >= 15 is 0 Å². The van der Waals surface area contributed by atoms with Gasteiger partial charge in [0.2, 0.25) is 0 Å². The van der Waals surface area contributed by atoms with Gasteiger partial charge in [0, 0.05) is 19.6 Å². The van der Waals surface area contributed by atoms with Crippen LogP contribution in [0.1, 0.15) is 25.5 Å². The molecule has 0 bridgehead atoms. The zero-order valence-corrected chi connectivity index (χ0v) is 11.6. The fourth-order valence-corrected chi connectivity index (χ4v) is 2.43. The number of nitrogens with one attached hydrogen (secondary N) is 1. The number of hydrogen-bond acceptors (Lipinski definition) is 3. The molecule has 3 nitrogen and oxygen atoms in total. The average molecular weight is 287 g/mol. The summed E-state index contributed by atoms with van der Waals surface area (Å²) >= 11 is 0. The highest BCUT2D eigenvalue weighted by Gasteiger charge is 2.41. The Balaban J connectivity index is 1.96. The summed E-state index contributed by atoms with van der Waals surface area (Å²) in [5.41, 5.74) is 0.919. The summed E-state index contributed by atoms with van der Waals surface area (Å²) < 4.78 is 37.9. The van der Waals surface area contributed by atoms with Crippen molar-refractivity contribution >= 4 is 5.82 Å². The molecule has 1 aromatic rings. The van der Waals surface area contributed by atoms with Crippen molar-refractivity contribution in [1.82, 2.24) is 10.3 Å². The maximum absolute atomic E-state index is 12.6. The number of rotatable bonds is 4. The molecule has 1 N–H and O–H groups in total. The Morgan fingerprint density at radius 3 is 2.60 bits per heavy atom. The molecule has 6 heteroatoms. The van der Waals surface area contributed by atoms with Crippen molar-refractivity contribution in [3.8, 4) is 0 Å². The van der Waals surface area contributed by atoms with Crippen molar-refractivity contribution in [1.29, 1.82) is 0 Å². The normalized spacial score (nSPS) is 17.5. The van der Waals surface area contributed by atoms with Crippen molar-refractivity contribution in [3.05, 3.63) is 23.9 Å². The summed E-state index contributed by atoms with van der Waals surface area (Å²) in [4.78, 5) is 6.45. The first-order chi connectivity index (χ1) is 9.50. The van der Waals surface area contributed by atoms with E-state index in [9.17, 15) is 13.2 Å². The molecule has 2 rings (SSSR count). The molecule has 1 saturated heterocycles.